The molecule has 0 saturated heterocycles. The number of alkyl halides is 2. The molecule has 0 aromatic heterocycles. The number of sulfone groups is 1. The van der Waals surface area contributed by atoms with Crippen LogP contribution in [0.4, 0.5) is 4.39 Å². The summed E-state index contributed by atoms with van der Waals surface area (Å²) < 4.78 is 32.9. The zero-order valence-electron chi connectivity index (χ0n) is 8.19. The van der Waals surface area contributed by atoms with Crippen LogP contribution in [-0.4, -0.2) is 23.4 Å². The van der Waals surface area contributed by atoms with Gasteiger partial charge in [0.1, 0.15) is 11.9 Å². The first-order chi connectivity index (χ1) is 7.16. The van der Waals surface area contributed by atoms with E-state index in [-0.39, 0.29) is 5.56 Å². The maximum Gasteiger partial charge on any atom is 0.247 e. The molecule has 3 nitrogen and oxygen atoms in total. The molecule has 90 valence electrons. The average molecular weight is 287 g/mol. The summed E-state index contributed by atoms with van der Waals surface area (Å²) in [6.07, 6.45) is -0.934. The van der Waals surface area contributed by atoms with Crippen molar-refractivity contribution >= 4 is 33.0 Å². The van der Waals surface area contributed by atoms with E-state index in [1.165, 1.54) is 12.1 Å². The van der Waals surface area contributed by atoms with E-state index in [2.05, 4.69) is 0 Å². The third-order valence-corrected chi connectivity index (χ3v) is 5.28. The molecule has 16 heavy (non-hydrogen) atoms. The summed E-state index contributed by atoms with van der Waals surface area (Å²) >= 11 is 11.1. The van der Waals surface area contributed by atoms with Crippen molar-refractivity contribution in [3.05, 3.63) is 35.6 Å². The van der Waals surface area contributed by atoms with Gasteiger partial charge in [-0.3, -0.25) is 0 Å². The van der Waals surface area contributed by atoms with Gasteiger partial charge in [0.2, 0.25) is 3.67 Å². The van der Waals surface area contributed by atoms with Crippen molar-refractivity contribution in [3.8, 4) is 0 Å². The molecule has 0 spiro atoms. The molecule has 0 unspecified atom stereocenters. The van der Waals surface area contributed by atoms with Crippen molar-refractivity contribution in [3.63, 3.8) is 0 Å². The van der Waals surface area contributed by atoms with Crippen LogP contribution in [0.1, 0.15) is 11.7 Å². The number of aliphatic hydroxyl groups excluding tert-OH is 1. The van der Waals surface area contributed by atoms with E-state index in [0.717, 1.165) is 18.4 Å². The van der Waals surface area contributed by atoms with Crippen molar-refractivity contribution in [2.24, 2.45) is 0 Å². The molecule has 0 amide bonds. The van der Waals surface area contributed by atoms with Gasteiger partial charge in [0.25, 0.3) is 0 Å². The van der Waals surface area contributed by atoms with Gasteiger partial charge >= 0.3 is 0 Å². The number of aliphatic hydroxyl groups is 1. The minimum Gasteiger partial charge on any atom is -0.384 e. The number of hydrogen-bond donors (Lipinski definition) is 1. The fourth-order valence-corrected chi connectivity index (χ4v) is 1.87. The maximum absolute atomic E-state index is 12.9. The van der Waals surface area contributed by atoms with Crippen molar-refractivity contribution in [1.82, 2.24) is 0 Å². The molecule has 0 aliphatic rings. The smallest absolute Gasteiger partial charge is 0.247 e. The van der Waals surface area contributed by atoms with Crippen molar-refractivity contribution < 1.29 is 17.9 Å². The monoisotopic (exact) mass is 286 g/mol. The molecular weight excluding hydrogens is 278 g/mol. The Morgan fingerprint density at radius 3 is 2.44 bits per heavy atom. The lowest BCUT2D eigenvalue weighted by atomic mass is 10.1. The van der Waals surface area contributed by atoms with E-state index in [9.17, 15) is 17.9 Å². The van der Waals surface area contributed by atoms with E-state index in [0.29, 0.717) is 0 Å². The second-order valence-corrected chi connectivity index (χ2v) is 7.31. The first-order valence-corrected chi connectivity index (χ1v) is 6.82. The average Bonchev–Trinajstić information content (AvgIpc) is 2.14. The SMILES string of the molecule is CS(=O)(=O)C(Cl)(Cl)[C@H](O)c1cccc(F)c1. The van der Waals surface area contributed by atoms with Crippen LogP contribution in [0, 0.1) is 5.82 Å². The lowest BCUT2D eigenvalue weighted by Gasteiger charge is -2.24. The molecular formula is C9H9Cl2FO3S. The highest BCUT2D eigenvalue weighted by molar-refractivity contribution is 7.94. The van der Waals surface area contributed by atoms with E-state index in [1.54, 1.807) is 0 Å². The largest absolute Gasteiger partial charge is 0.384 e. The standard InChI is InChI=1S/C9H9Cl2FO3S/c1-16(14,15)9(10,11)8(13)6-3-2-4-7(12)5-6/h2-5,8,13H,1H3/t8-/m1/s1. The highest BCUT2D eigenvalue weighted by Crippen LogP contribution is 2.40. The second-order valence-electron chi connectivity index (χ2n) is 3.29. The quantitative estimate of drug-likeness (QED) is 0.865. The normalized spacial score (nSPS) is 14.8. The van der Waals surface area contributed by atoms with Crippen LogP contribution in [-0.2, 0) is 9.84 Å². The Hall–Kier alpha value is -0.360. The van der Waals surface area contributed by atoms with E-state index < -0.39 is 25.4 Å². The second kappa shape index (κ2) is 4.49. The van der Waals surface area contributed by atoms with Crippen LogP contribution in [0.3, 0.4) is 0 Å². The molecule has 1 aromatic rings. The third-order valence-electron chi connectivity index (χ3n) is 1.98. The minimum atomic E-state index is -3.90. The molecule has 0 heterocycles. The fraction of sp³-hybridized carbons (Fsp3) is 0.333. The van der Waals surface area contributed by atoms with Crippen molar-refractivity contribution in [2.75, 3.05) is 6.26 Å². The molecule has 0 aliphatic carbocycles. The Kier molecular flexibility index (Phi) is 3.84. The summed E-state index contributed by atoms with van der Waals surface area (Å²) in [5, 5.41) is 9.70. The molecule has 1 rings (SSSR count). The van der Waals surface area contributed by atoms with Crippen molar-refractivity contribution in [1.29, 1.82) is 0 Å². The van der Waals surface area contributed by atoms with Gasteiger partial charge in [-0.2, -0.15) is 0 Å². The lowest BCUT2D eigenvalue weighted by Crippen LogP contribution is -2.32. The number of hydrogen-bond acceptors (Lipinski definition) is 3. The number of halogens is 3. The van der Waals surface area contributed by atoms with E-state index in [1.807, 2.05) is 0 Å². The van der Waals surface area contributed by atoms with Gasteiger partial charge in [0.15, 0.2) is 9.84 Å². The Labute approximate surface area is 103 Å². The van der Waals surface area contributed by atoms with Gasteiger partial charge in [0.05, 0.1) is 0 Å². The molecule has 1 aromatic carbocycles. The molecule has 0 fully saturated rings. The summed E-state index contributed by atoms with van der Waals surface area (Å²) in [5.74, 6) is -0.616. The molecule has 0 saturated carbocycles. The Morgan fingerprint density at radius 1 is 1.44 bits per heavy atom. The summed E-state index contributed by atoms with van der Waals surface area (Å²) in [7, 11) is -3.90. The molecule has 0 aliphatic heterocycles. The fourth-order valence-electron chi connectivity index (χ4n) is 1.07. The van der Waals surface area contributed by atoms with Crippen LogP contribution in [0.2, 0.25) is 0 Å². The first-order valence-electron chi connectivity index (χ1n) is 4.17. The first kappa shape index (κ1) is 13.7. The number of rotatable bonds is 3. The van der Waals surface area contributed by atoms with Crippen LogP contribution < -0.4 is 0 Å². The maximum atomic E-state index is 12.9. The van der Waals surface area contributed by atoms with E-state index in [4.69, 9.17) is 23.2 Å². The molecule has 7 heteroatoms. The number of benzene rings is 1. The van der Waals surface area contributed by atoms with Gasteiger partial charge in [0, 0.05) is 6.26 Å². The Morgan fingerprint density at radius 2 is 2.00 bits per heavy atom. The van der Waals surface area contributed by atoms with Crippen molar-refractivity contribution in [2.45, 2.75) is 9.77 Å². The Balaban J connectivity index is 3.17. The van der Waals surface area contributed by atoms with Crippen LogP contribution in [0.15, 0.2) is 24.3 Å². The summed E-state index contributed by atoms with van der Waals surface area (Å²) in [5.41, 5.74) is -0.00424. The van der Waals surface area contributed by atoms with Gasteiger partial charge in [-0.05, 0) is 17.7 Å². The van der Waals surface area contributed by atoms with Gasteiger partial charge < -0.3 is 5.11 Å². The molecule has 0 radical (unpaired) electrons. The summed E-state index contributed by atoms with van der Waals surface area (Å²) in [6, 6.07) is 4.77. The van der Waals surface area contributed by atoms with Crippen LogP contribution >= 0.6 is 23.2 Å². The van der Waals surface area contributed by atoms with Gasteiger partial charge in [-0.15, -0.1) is 0 Å². The van der Waals surface area contributed by atoms with Crippen LogP contribution in [0.25, 0.3) is 0 Å². The highest BCUT2D eigenvalue weighted by atomic mass is 35.5. The third kappa shape index (κ3) is 2.66. The zero-order chi connectivity index (χ0) is 12.6. The summed E-state index contributed by atoms with van der Waals surface area (Å²) in [6.45, 7) is 0. The highest BCUT2D eigenvalue weighted by Gasteiger charge is 2.44. The topological polar surface area (TPSA) is 54.4 Å². The predicted molar refractivity (Wildman–Crippen MR) is 60.6 cm³/mol. The lowest BCUT2D eigenvalue weighted by molar-refractivity contribution is 0.181. The van der Waals surface area contributed by atoms with Gasteiger partial charge in [-0.25, -0.2) is 12.8 Å². The molecule has 0 bridgehead atoms. The van der Waals surface area contributed by atoms with Crippen LogP contribution in [0.5, 0.6) is 0 Å². The molecule has 1 N–H and O–H groups in total. The van der Waals surface area contributed by atoms with Gasteiger partial charge in [-0.1, -0.05) is 35.3 Å². The predicted octanol–water partition coefficient (Wildman–Crippen LogP) is 2.04. The Bertz CT molecular complexity index is 487. The van der Waals surface area contributed by atoms with E-state index >= 15 is 0 Å². The minimum absolute atomic E-state index is 0.00424. The molecule has 1 atom stereocenters. The summed E-state index contributed by atoms with van der Waals surface area (Å²) in [4.78, 5) is 0. The zero-order valence-corrected chi connectivity index (χ0v) is 10.5.